The van der Waals surface area contributed by atoms with Crippen LogP contribution in [0, 0.1) is 10.1 Å². The van der Waals surface area contributed by atoms with Gasteiger partial charge >= 0.3 is 0 Å². The number of nitro groups is 1. The predicted octanol–water partition coefficient (Wildman–Crippen LogP) is 2.92. The van der Waals surface area contributed by atoms with Crippen molar-refractivity contribution in [2.75, 3.05) is 12.5 Å². The number of non-ortho nitro benzene ring substituents is 1. The number of rotatable bonds is 4. The van der Waals surface area contributed by atoms with Crippen LogP contribution in [0.4, 0.5) is 5.69 Å². The first-order chi connectivity index (χ1) is 12.6. The normalized spacial score (nSPS) is 15.3. The van der Waals surface area contributed by atoms with Crippen molar-refractivity contribution in [2.45, 2.75) is 10.5 Å². The molecule has 132 valence electrons. The molecule has 10 heteroatoms. The Labute approximate surface area is 151 Å². The van der Waals surface area contributed by atoms with Crippen LogP contribution in [0.3, 0.4) is 0 Å². The molecule has 0 saturated carbocycles. The number of methoxy groups -OCH3 is 1. The van der Waals surface area contributed by atoms with Gasteiger partial charge in [0.25, 0.3) is 5.69 Å². The Hall–Kier alpha value is -3.27. The second-order valence-corrected chi connectivity index (χ2v) is 6.58. The highest BCUT2D eigenvalue weighted by molar-refractivity contribution is 7.99. The number of aromatic hydroxyl groups is 1. The molecule has 1 atom stereocenters. The van der Waals surface area contributed by atoms with Gasteiger partial charge in [-0.15, -0.1) is 10.2 Å². The molecule has 3 aromatic rings. The summed E-state index contributed by atoms with van der Waals surface area (Å²) in [4.78, 5) is 10.3. The molecule has 2 heterocycles. The number of fused-ring (bicyclic) bond motifs is 1. The Balaban J connectivity index is 1.62. The first kappa shape index (κ1) is 16.2. The highest BCUT2D eigenvalue weighted by Crippen LogP contribution is 2.42. The lowest BCUT2D eigenvalue weighted by atomic mass is 10.2. The van der Waals surface area contributed by atoms with E-state index in [4.69, 9.17) is 4.74 Å². The zero-order valence-corrected chi connectivity index (χ0v) is 14.3. The van der Waals surface area contributed by atoms with Crippen molar-refractivity contribution in [1.29, 1.82) is 0 Å². The van der Waals surface area contributed by atoms with Crippen LogP contribution >= 0.6 is 11.8 Å². The highest BCUT2D eigenvalue weighted by atomic mass is 32.2. The maximum Gasteiger partial charge on any atom is 0.269 e. The van der Waals surface area contributed by atoms with E-state index in [1.54, 1.807) is 35.0 Å². The second-order valence-electron chi connectivity index (χ2n) is 5.50. The molecule has 0 amide bonds. The molecule has 0 radical (unpaired) electrons. The zero-order chi connectivity index (χ0) is 18.3. The lowest BCUT2D eigenvalue weighted by molar-refractivity contribution is -0.384. The SMILES string of the molecule is COc1cc(C2Nn3c(nnc3-c3ccc([N+](=O)[O-])cc3)S2)ccc1O. The van der Waals surface area contributed by atoms with Crippen LogP contribution < -0.4 is 10.2 Å². The number of nitrogens with zero attached hydrogens (tertiary/aromatic N) is 4. The number of hydrogen-bond acceptors (Lipinski definition) is 8. The van der Waals surface area contributed by atoms with Crippen molar-refractivity contribution in [2.24, 2.45) is 0 Å². The molecule has 0 bridgehead atoms. The summed E-state index contributed by atoms with van der Waals surface area (Å²) in [5.41, 5.74) is 4.93. The van der Waals surface area contributed by atoms with Gasteiger partial charge in [0, 0.05) is 17.7 Å². The van der Waals surface area contributed by atoms with Crippen LogP contribution in [0.5, 0.6) is 11.5 Å². The molecular weight excluding hydrogens is 358 g/mol. The van der Waals surface area contributed by atoms with Crippen molar-refractivity contribution in [3.8, 4) is 22.9 Å². The summed E-state index contributed by atoms with van der Waals surface area (Å²) in [6.07, 6.45) is 0. The van der Waals surface area contributed by atoms with E-state index in [1.807, 2.05) is 0 Å². The molecule has 9 nitrogen and oxygen atoms in total. The van der Waals surface area contributed by atoms with Crippen LogP contribution in [-0.2, 0) is 0 Å². The van der Waals surface area contributed by atoms with E-state index in [1.165, 1.54) is 31.0 Å². The third kappa shape index (κ3) is 2.69. The van der Waals surface area contributed by atoms with E-state index in [-0.39, 0.29) is 16.8 Å². The van der Waals surface area contributed by atoms with E-state index in [9.17, 15) is 15.2 Å². The molecule has 1 aliphatic heterocycles. The summed E-state index contributed by atoms with van der Waals surface area (Å²) in [6, 6.07) is 11.3. The highest BCUT2D eigenvalue weighted by Gasteiger charge is 2.28. The second kappa shape index (κ2) is 6.23. The number of nitrogens with one attached hydrogen (secondary N) is 1. The standard InChI is InChI=1S/C16H13N5O4S/c1-25-13-8-10(4-7-12(13)22)15-19-20-14(17-18-16(20)26-15)9-2-5-11(6-3-9)21(23)24/h2-8,15,19,22H,1H3. The number of aromatic nitrogens is 3. The van der Waals surface area contributed by atoms with Gasteiger partial charge in [0.2, 0.25) is 5.16 Å². The van der Waals surface area contributed by atoms with Gasteiger partial charge in [-0.05, 0) is 29.8 Å². The molecule has 0 fully saturated rings. The molecular formula is C16H13N5O4S. The minimum Gasteiger partial charge on any atom is -0.504 e. The van der Waals surface area contributed by atoms with Crippen molar-refractivity contribution < 1.29 is 14.8 Å². The van der Waals surface area contributed by atoms with E-state index in [0.717, 1.165) is 5.56 Å². The third-order valence-corrected chi connectivity index (χ3v) is 5.03. The minimum absolute atomic E-state index is 0.0197. The Morgan fingerprint density at radius 2 is 2.04 bits per heavy atom. The Kier molecular flexibility index (Phi) is 3.88. The van der Waals surface area contributed by atoms with E-state index < -0.39 is 4.92 Å². The summed E-state index contributed by atoms with van der Waals surface area (Å²) in [6.45, 7) is 0. The molecule has 4 rings (SSSR count). The lowest BCUT2D eigenvalue weighted by Gasteiger charge is -2.13. The van der Waals surface area contributed by atoms with Crippen LogP contribution in [0.2, 0.25) is 0 Å². The number of phenolic OH excluding ortho intramolecular Hbond substituents is 1. The number of nitro benzene ring substituents is 1. The van der Waals surface area contributed by atoms with Gasteiger partial charge in [0.15, 0.2) is 17.3 Å². The fourth-order valence-electron chi connectivity index (χ4n) is 2.63. The van der Waals surface area contributed by atoms with Crippen molar-refractivity contribution >= 4 is 17.4 Å². The predicted molar refractivity (Wildman–Crippen MR) is 94.7 cm³/mol. The van der Waals surface area contributed by atoms with Crippen molar-refractivity contribution in [1.82, 2.24) is 14.9 Å². The van der Waals surface area contributed by atoms with Gasteiger partial charge in [-0.2, -0.15) is 0 Å². The van der Waals surface area contributed by atoms with Crippen molar-refractivity contribution in [3.63, 3.8) is 0 Å². The Morgan fingerprint density at radius 3 is 2.73 bits per heavy atom. The molecule has 1 unspecified atom stereocenters. The molecule has 1 aliphatic rings. The molecule has 1 aromatic heterocycles. The van der Waals surface area contributed by atoms with Gasteiger partial charge < -0.3 is 15.3 Å². The molecule has 2 aromatic carbocycles. The van der Waals surface area contributed by atoms with Crippen LogP contribution in [0.1, 0.15) is 10.9 Å². The van der Waals surface area contributed by atoms with E-state index in [2.05, 4.69) is 15.6 Å². The fourth-order valence-corrected chi connectivity index (χ4v) is 3.61. The zero-order valence-electron chi connectivity index (χ0n) is 13.5. The number of thioether (sulfide) groups is 1. The average Bonchev–Trinajstić information content (AvgIpc) is 3.23. The summed E-state index contributed by atoms with van der Waals surface area (Å²) in [7, 11) is 1.50. The average molecular weight is 371 g/mol. The van der Waals surface area contributed by atoms with Gasteiger partial charge in [-0.1, -0.05) is 17.8 Å². The summed E-state index contributed by atoms with van der Waals surface area (Å²) >= 11 is 1.47. The molecule has 0 saturated heterocycles. The van der Waals surface area contributed by atoms with Gasteiger partial charge in [-0.3, -0.25) is 10.1 Å². The monoisotopic (exact) mass is 371 g/mol. The van der Waals surface area contributed by atoms with E-state index >= 15 is 0 Å². The summed E-state index contributed by atoms with van der Waals surface area (Å²) in [5, 5.41) is 29.4. The Bertz CT molecular complexity index is 989. The largest absolute Gasteiger partial charge is 0.504 e. The lowest BCUT2D eigenvalue weighted by Crippen LogP contribution is -2.13. The summed E-state index contributed by atoms with van der Waals surface area (Å²) < 4.78 is 6.90. The van der Waals surface area contributed by atoms with Crippen LogP contribution in [0.15, 0.2) is 47.6 Å². The van der Waals surface area contributed by atoms with Crippen molar-refractivity contribution in [3.05, 3.63) is 58.1 Å². The fraction of sp³-hybridized carbons (Fsp3) is 0.125. The van der Waals surface area contributed by atoms with Gasteiger partial charge in [-0.25, -0.2) is 4.68 Å². The number of ether oxygens (including phenoxy) is 1. The van der Waals surface area contributed by atoms with Gasteiger partial charge in [0.05, 0.1) is 12.0 Å². The first-order valence-corrected chi connectivity index (χ1v) is 8.45. The van der Waals surface area contributed by atoms with Crippen LogP contribution in [0.25, 0.3) is 11.4 Å². The molecule has 26 heavy (non-hydrogen) atoms. The smallest absolute Gasteiger partial charge is 0.269 e. The molecule has 0 aliphatic carbocycles. The topological polar surface area (TPSA) is 115 Å². The van der Waals surface area contributed by atoms with E-state index in [0.29, 0.717) is 22.3 Å². The first-order valence-electron chi connectivity index (χ1n) is 7.57. The molecule has 0 spiro atoms. The maximum atomic E-state index is 10.8. The van der Waals surface area contributed by atoms with Crippen LogP contribution in [-0.4, -0.2) is 32.0 Å². The summed E-state index contributed by atoms with van der Waals surface area (Å²) in [5.74, 6) is 1.03. The van der Waals surface area contributed by atoms with Gasteiger partial charge in [0.1, 0.15) is 5.37 Å². The quantitative estimate of drug-likeness (QED) is 0.531. The number of benzene rings is 2. The number of phenols is 1. The molecule has 2 N–H and O–H groups in total. The maximum absolute atomic E-state index is 10.8. The minimum atomic E-state index is -0.444. The number of hydrogen-bond donors (Lipinski definition) is 2. The third-order valence-electron chi connectivity index (χ3n) is 3.95. The Morgan fingerprint density at radius 1 is 1.27 bits per heavy atom.